The van der Waals surface area contributed by atoms with Gasteiger partial charge in [-0.05, 0) is 42.3 Å². The second-order valence-corrected chi connectivity index (χ2v) is 7.83. The number of anilines is 1. The van der Waals surface area contributed by atoms with Crippen LogP contribution < -0.4 is 10.0 Å². The Morgan fingerprint density at radius 1 is 1.30 bits per heavy atom. The third-order valence-corrected chi connectivity index (χ3v) is 6.27. The van der Waals surface area contributed by atoms with Gasteiger partial charge in [0.25, 0.3) is 10.0 Å². The zero-order chi connectivity index (χ0) is 14.6. The number of aryl methyl sites for hydroxylation is 1. The summed E-state index contributed by atoms with van der Waals surface area (Å²) < 4.78 is 27.6. The molecule has 2 heterocycles. The summed E-state index contributed by atoms with van der Waals surface area (Å²) >= 11 is 2.95. The van der Waals surface area contributed by atoms with E-state index in [1.807, 2.05) is 17.7 Å². The van der Waals surface area contributed by atoms with E-state index in [9.17, 15) is 8.42 Å². The Morgan fingerprint density at radius 3 is 2.75 bits per heavy atom. The Labute approximate surface area is 127 Å². The van der Waals surface area contributed by atoms with Crippen LogP contribution in [-0.2, 0) is 16.6 Å². The van der Waals surface area contributed by atoms with Crippen molar-refractivity contribution >= 4 is 38.4 Å². The molecule has 4 nitrogen and oxygen atoms in total. The summed E-state index contributed by atoms with van der Waals surface area (Å²) in [7, 11) is -3.51. The van der Waals surface area contributed by atoms with Crippen LogP contribution in [0.4, 0.5) is 5.69 Å². The second kappa shape index (κ2) is 6.71. The lowest BCUT2D eigenvalue weighted by atomic mass is 10.3. The predicted molar refractivity (Wildman–Crippen MR) is 86.2 cm³/mol. The number of hydrogen-bond donors (Lipinski definition) is 2. The maximum Gasteiger partial charge on any atom is 0.263 e. The average molecular weight is 331 g/mol. The molecule has 0 radical (unpaired) electrons. The van der Waals surface area contributed by atoms with E-state index in [-0.39, 0.29) is 0 Å². The summed E-state index contributed by atoms with van der Waals surface area (Å²) in [5.74, 6) is 0. The van der Waals surface area contributed by atoms with Gasteiger partial charge in [-0.25, -0.2) is 8.42 Å². The van der Waals surface area contributed by atoms with Crippen molar-refractivity contribution in [3.63, 3.8) is 0 Å². The summed E-state index contributed by atoms with van der Waals surface area (Å²) in [6.07, 6.45) is 1.03. The van der Waals surface area contributed by atoms with Crippen molar-refractivity contribution in [3.05, 3.63) is 32.6 Å². The van der Waals surface area contributed by atoms with Gasteiger partial charge in [0.2, 0.25) is 0 Å². The van der Waals surface area contributed by atoms with Crippen LogP contribution in [0.5, 0.6) is 0 Å². The van der Waals surface area contributed by atoms with Gasteiger partial charge in [0.15, 0.2) is 0 Å². The first-order valence-corrected chi connectivity index (χ1v) is 9.68. The van der Waals surface area contributed by atoms with Gasteiger partial charge in [0.05, 0.1) is 5.69 Å². The molecule has 0 aromatic carbocycles. The minimum Gasteiger partial charge on any atom is -0.312 e. The number of nitrogens with one attached hydrogen (secondary N) is 2. The first-order valence-electron chi connectivity index (χ1n) is 6.37. The van der Waals surface area contributed by atoms with Crippen LogP contribution >= 0.6 is 22.7 Å². The Morgan fingerprint density at radius 2 is 2.10 bits per heavy atom. The molecule has 20 heavy (non-hydrogen) atoms. The first kappa shape index (κ1) is 15.5. The Balaban J connectivity index is 2.24. The van der Waals surface area contributed by atoms with E-state index in [1.54, 1.807) is 11.4 Å². The topological polar surface area (TPSA) is 58.2 Å². The summed E-state index contributed by atoms with van der Waals surface area (Å²) in [5, 5.41) is 8.79. The predicted octanol–water partition coefficient (Wildman–Crippen LogP) is 3.42. The highest BCUT2D eigenvalue weighted by Crippen LogP contribution is 2.29. The van der Waals surface area contributed by atoms with E-state index in [2.05, 4.69) is 17.0 Å². The molecule has 0 bridgehead atoms. The SMILES string of the molecule is CCCNCc1scc(C)c1S(=O)(=O)Nc1ccsc1. The number of sulfonamides is 1. The minimum atomic E-state index is -3.51. The molecule has 2 aromatic heterocycles. The van der Waals surface area contributed by atoms with Gasteiger partial charge in [0.1, 0.15) is 4.90 Å². The van der Waals surface area contributed by atoms with Crippen LogP contribution in [-0.4, -0.2) is 15.0 Å². The van der Waals surface area contributed by atoms with Crippen molar-refractivity contribution in [3.8, 4) is 0 Å². The fourth-order valence-corrected chi connectivity index (χ4v) is 5.37. The molecular formula is C13H18N2O2S3. The van der Waals surface area contributed by atoms with Crippen LogP contribution in [0.25, 0.3) is 0 Å². The van der Waals surface area contributed by atoms with Crippen molar-refractivity contribution in [2.75, 3.05) is 11.3 Å². The van der Waals surface area contributed by atoms with Crippen molar-refractivity contribution in [2.45, 2.75) is 31.7 Å². The molecule has 0 atom stereocenters. The third-order valence-electron chi connectivity index (χ3n) is 2.74. The minimum absolute atomic E-state index is 0.414. The van der Waals surface area contributed by atoms with Crippen molar-refractivity contribution in [2.24, 2.45) is 0 Å². The normalized spacial score (nSPS) is 11.7. The number of thiophene rings is 2. The third kappa shape index (κ3) is 3.60. The van der Waals surface area contributed by atoms with Gasteiger partial charge >= 0.3 is 0 Å². The molecule has 2 rings (SSSR count). The molecule has 0 saturated carbocycles. The molecule has 110 valence electrons. The Bertz CT molecular complexity index is 645. The van der Waals surface area contributed by atoms with Gasteiger partial charge in [-0.1, -0.05) is 6.92 Å². The van der Waals surface area contributed by atoms with Gasteiger partial charge < -0.3 is 5.32 Å². The smallest absolute Gasteiger partial charge is 0.263 e. The second-order valence-electron chi connectivity index (χ2n) is 4.47. The molecule has 0 fully saturated rings. The quantitative estimate of drug-likeness (QED) is 0.765. The molecule has 0 amide bonds. The molecule has 2 aromatic rings. The Kier molecular flexibility index (Phi) is 5.20. The molecule has 0 aliphatic rings. The number of rotatable bonds is 7. The summed E-state index contributed by atoms with van der Waals surface area (Å²) in [6.45, 7) is 5.39. The maximum atomic E-state index is 12.5. The van der Waals surface area contributed by atoms with Crippen molar-refractivity contribution < 1.29 is 8.42 Å². The molecule has 0 aliphatic carbocycles. The maximum absolute atomic E-state index is 12.5. The van der Waals surface area contributed by atoms with E-state index in [4.69, 9.17) is 0 Å². The van der Waals surface area contributed by atoms with Crippen molar-refractivity contribution in [1.82, 2.24) is 5.32 Å². The van der Waals surface area contributed by atoms with Crippen LogP contribution in [0.15, 0.2) is 27.1 Å². The fourth-order valence-electron chi connectivity index (χ4n) is 1.88. The first-order chi connectivity index (χ1) is 9.54. The highest BCUT2D eigenvalue weighted by Gasteiger charge is 2.23. The largest absolute Gasteiger partial charge is 0.312 e. The zero-order valence-electron chi connectivity index (χ0n) is 11.5. The van der Waals surface area contributed by atoms with E-state index in [0.29, 0.717) is 17.1 Å². The van der Waals surface area contributed by atoms with E-state index in [0.717, 1.165) is 23.4 Å². The lowest BCUT2D eigenvalue weighted by molar-refractivity contribution is 0.598. The van der Waals surface area contributed by atoms with E-state index >= 15 is 0 Å². The molecule has 0 spiro atoms. The summed E-state index contributed by atoms with van der Waals surface area (Å²) in [6, 6.07) is 1.76. The molecule has 2 N–H and O–H groups in total. The van der Waals surface area contributed by atoms with Crippen LogP contribution in [0.2, 0.25) is 0 Å². The summed E-state index contributed by atoms with van der Waals surface area (Å²) in [4.78, 5) is 1.27. The lowest BCUT2D eigenvalue weighted by Gasteiger charge is -2.09. The monoisotopic (exact) mass is 330 g/mol. The van der Waals surface area contributed by atoms with Crippen LogP contribution in [0.3, 0.4) is 0 Å². The van der Waals surface area contributed by atoms with E-state index < -0.39 is 10.0 Å². The van der Waals surface area contributed by atoms with E-state index in [1.165, 1.54) is 22.7 Å². The van der Waals surface area contributed by atoms with Crippen LogP contribution in [0, 0.1) is 6.92 Å². The molecule has 0 unspecified atom stereocenters. The van der Waals surface area contributed by atoms with Gasteiger partial charge in [-0.15, -0.1) is 11.3 Å². The standard InChI is InChI=1S/C13H18N2O2S3/c1-3-5-14-7-12-13(10(2)8-19-12)20(16,17)15-11-4-6-18-9-11/h4,6,8-9,14-15H,3,5,7H2,1-2H3. The van der Waals surface area contributed by atoms with Crippen LogP contribution in [0.1, 0.15) is 23.8 Å². The number of hydrogen-bond acceptors (Lipinski definition) is 5. The average Bonchev–Trinajstić information content (AvgIpc) is 2.99. The lowest BCUT2D eigenvalue weighted by Crippen LogP contribution is -2.18. The molecular weight excluding hydrogens is 312 g/mol. The highest BCUT2D eigenvalue weighted by atomic mass is 32.2. The zero-order valence-corrected chi connectivity index (χ0v) is 13.9. The van der Waals surface area contributed by atoms with Crippen molar-refractivity contribution in [1.29, 1.82) is 0 Å². The molecule has 0 saturated heterocycles. The van der Waals surface area contributed by atoms with Gasteiger partial charge in [-0.2, -0.15) is 11.3 Å². The molecule has 7 heteroatoms. The Hall–Kier alpha value is -0.890. The van der Waals surface area contributed by atoms with Gasteiger partial charge in [-0.3, -0.25) is 4.72 Å². The molecule has 0 aliphatic heterocycles. The van der Waals surface area contributed by atoms with Gasteiger partial charge in [0, 0.05) is 16.8 Å². The fraction of sp³-hybridized carbons (Fsp3) is 0.385. The highest BCUT2D eigenvalue weighted by molar-refractivity contribution is 7.93. The summed E-state index contributed by atoms with van der Waals surface area (Å²) in [5.41, 5.74) is 1.42.